The highest BCUT2D eigenvalue weighted by molar-refractivity contribution is 8.14. The summed E-state index contributed by atoms with van der Waals surface area (Å²) in [5, 5.41) is 9.15. The number of rotatable bonds is 4. The maximum absolute atomic E-state index is 12.6. The van der Waals surface area contributed by atoms with Crippen LogP contribution in [-0.4, -0.2) is 44.8 Å². The Labute approximate surface area is 139 Å². The molecule has 23 heavy (non-hydrogen) atoms. The standard InChI is InChI=1S/C17H19NO4S/c19-15(18-10-4-7-13(18)16(20)21)12-8-9-14(12)23-17(22)11-5-2-1-3-6-11/h1-3,5-6,12-14H,4,7-10H2,(H,20,21)/t12-,13-,14-/m0/s1. The Kier molecular flexibility index (Phi) is 4.71. The number of carboxylic acid groups (broad SMARTS) is 1. The number of thioether (sulfide) groups is 1. The van der Waals surface area contributed by atoms with E-state index in [0.29, 0.717) is 18.5 Å². The zero-order chi connectivity index (χ0) is 16.4. The Bertz CT molecular complexity index is 618. The summed E-state index contributed by atoms with van der Waals surface area (Å²) in [6, 6.07) is 8.34. The SMILES string of the molecule is O=C(S[C@H]1CC[C@@H]1C(=O)N1CCC[C@H]1C(=O)O)c1ccccc1. The van der Waals surface area contributed by atoms with E-state index in [4.69, 9.17) is 0 Å². The molecule has 6 heteroatoms. The van der Waals surface area contributed by atoms with Crippen LogP contribution >= 0.6 is 11.8 Å². The third kappa shape index (κ3) is 3.27. The van der Waals surface area contributed by atoms with E-state index < -0.39 is 12.0 Å². The molecule has 2 aliphatic rings. The van der Waals surface area contributed by atoms with Gasteiger partial charge in [0.25, 0.3) is 0 Å². The van der Waals surface area contributed by atoms with Gasteiger partial charge in [0.2, 0.25) is 11.0 Å². The smallest absolute Gasteiger partial charge is 0.326 e. The summed E-state index contributed by atoms with van der Waals surface area (Å²) in [5.41, 5.74) is 0.639. The van der Waals surface area contributed by atoms with Gasteiger partial charge in [0, 0.05) is 17.4 Å². The van der Waals surface area contributed by atoms with Crippen molar-refractivity contribution in [3.63, 3.8) is 0 Å². The van der Waals surface area contributed by atoms with Gasteiger partial charge in [-0.25, -0.2) is 4.79 Å². The van der Waals surface area contributed by atoms with Gasteiger partial charge >= 0.3 is 5.97 Å². The predicted octanol–water partition coefficient (Wildman–Crippen LogP) is 2.41. The Balaban J connectivity index is 1.62. The molecule has 1 aromatic rings. The number of carbonyl (C=O) groups is 3. The normalized spacial score (nSPS) is 26.6. The molecule has 3 rings (SSSR count). The minimum absolute atomic E-state index is 0.0238. The van der Waals surface area contributed by atoms with Crippen LogP contribution in [-0.2, 0) is 9.59 Å². The molecule has 0 aromatic heterocycles. The zero-order valence-electron chi connectivity index (χ0n) is 12.7. The largest absolute Gasteiger partial charge is 0.480 e. The average molecular weight is 333 g/mol. The van der Waals surface area contributed by atoms with Gasteiger partial charge in [-0.15, -0.1) is 0 Å². The van der Waals surface area contributed by atoms with E-state index in [1.54, 1.807) is 12.1 Å². The van der Waals surface area contributed by atoms with Crippen molar-refractivity contribution < 1.29 is 19.5 Å². The first-order valence-electron chi connectivity index (χ1n) is 7.87. The van der Waals surface area contributed by atoms with Gasteiger partial charge in [0.05, 0.1) is 5.92 Å². The molecule has 5 nitrogen and oxygen atoms in total. The number of hydrogen-bond acceptors (Lipinski definition) is 4. The van der Waals surface area contributed by atoms with Crippen LogP contribution in [0.2, 0.25) is 0 Å². The summed E-state index contributed by atoms with van der Waals surface area (Å²) in [5.74, 6) is -1.26. The minimum Gasteiger partial charge on any atom is -0.480 e. The molecule has 0 radical (unpaired) electrons. The van der Waals surface area contributed by atoms with Crippen molar-refractivity contribution in [3.8, 4) is 0 Å². The van der Waals surface area contributed by atoms with Crippen LogP contribution < -0.4 is 0 Å². The Morgan fingerprint density at radius 3 is 2.43 bits per heavy atom. The molecule has 3 atom stereocenters. The maximum Gasteiger partial charge on any atom is 0.326 e. The van der Waals surface area contributed by atoms with E-state index in [1.807, 2.05) is 18.2 Å². The number of carboxylic acids is 1. The van der Waals surface area contributed by atoms with Crippen LogP contribution in [0.5, 0.6) is 0 Å². The van der Waals surface area contributed by atoms with Crippen molar-refractivity contribution in [1.29, 1.82) is 0 Å². The van der Waals surface area contributed by atoms with E-state index in [1.165, 1.54) is 16.7 Å². The molecular weight excluding hydrogens is 314 g/mol. The van der Waals surface area contributed by atoms with Crippen LogP contribution in [0, 0.1) is 5.92 Å². The number of likely N-dealkylation sites (tertiary alicyclic amines) is 1. The van der Waals surface area contributed by atoms with Gasteiger partial charge < -0.3 is 10.0 Å². The lowest BCUT2D eigenvalue weighted by atomic mass is 9.83. The van der Waals surface area contributed by atoms with E-state index in [0.717, 1.165) is 19.3 Å². The average Bonchev–Trinajstić information content (AvgIpc) is 3.02. The molecule has 1 saturated carbocycles. The van der Waals surface area contributed by atoms with Gasteiger partial charge in [-0.05, 0) is 25.7 Å². The second-order valence-electron chi connectivity index (χ2n) is 6.02. The quantitative estimate of drug-likeness (QED) is 0.916. The first kappa shape index (κ1) is 16.1. The fourth-order valence-electron chi connectivity index (χ4n) is 3.17. The predicted molar refractivity (Wildman–Crippen MR) is 87.2 cm³/mol. The Hall–Kier alpha value is -1.82. The van der Waals surface area contributed by atoms with Gasteiger partial charge in [-0.2, -0.15) is 0 Å². The highest BCUT2D eigenvalue weighted by atomic mass is 32.2. The monoisotopic (exact) mass is 333 g/mol. The molecule has 1 aliphatic heterocycles. The first-order valence-corrected chi connectivity index (χ1v) is 8.75. The molecule has 2 fully saturated rings. The molecule has 122 valence electrons. The lowest BCUT2D eigenvalue weighted by Crippen LogP contribution is -2.49. The first-order chi connectivity index (χ1) is 11.1. The number of hydrogen-bond donors (Lipinski definition) is 1. The van der Waals surface area contributed by atoms with Crippen LogP contribution in [0.1, 0.15) is 36.0 Å². The number of aliphatic carboxylic acids is 1. The van der Waals surface area contributed by atoms with Crippen LogP contribution in [0.15, 0.2) is 30.3 Å². The summed E-state index contributed by atoms with van der Waals surface area (Å²) in [4.78, 5) is 37.6. The Morgan fingerprint density at radius 1 is 1.09 bits per heavy atom. The van der Waals surface area contributed by atoms with Crippen molar-refractivity contribution in [2.45, 2.75) is 37.0 Å². The van der Waals surface area contributed by atoms with Crippen molar-refractivity contribution >= 4 is 28.8 Å². The van der Waals surface area contributed by atoms with Crippen molar-refractivity contribution in [1.82, 2.24) is 4.90 Å². The number of benzene rings is 1. The number of amides is 1. The number of carbonyl (C=O) groups excluding carboxylic acids is 2. The lowest BCUT2D eigenvalue weighted by molar-refractivity contribution is -0.150. The summed E-state index contributed by atoms with van der Waals surface area (Å²) >= 11 is 1.21. The maximum atomic E-state index is 12.6. The molecule has 1 saturated heterocycles. The molecule has 1 aromatic carbocycles. The topological polar surface area (TPSA) is 74.7 Å². The van der Waals surface area contributed by atoms with Gasteiger partial charge in [-0.1, -0.05) is 42.1 Å². The third-order valence-electron chi connectivity index (χ3n) is 4.62. The second-order valence-corrected chi connectivity index (χ2v) is 7.23. The van der Waals surface area contributed by atoms with Crippen molar-refractivity contribution in [2.24, 2.45) is 5.92 Å². The molecule has 1 heterocycles. The molecule has 0 spiro atoms. The van der Waals surface area contributed by atoms with Gasteiger partial charge in [0.15, 0.2) is 0 Å². The number of nitrogens with zero attached hydrogens (tertiary/aromatic N) is 1. The molecule has 1 amide bonds. The summed E-state index contributed by atoms with van der Waals surface area (Å²) in [7, 11) is 0. The van der Waals surface area contributed by atoms with E-state index in [-0.39, 0.29) is 22.2 Å². The molecule has 1 N–H and O–H groups in total. The third-order valence-corrected chi connectivity index (χ3v) is 5.93. The van der Waals surface area contributed by atoms with Gasteiger partial charge in [0.1, 0.15) is 6.04 Å². The van der Waals surface area contributed by atoms with E-state index in [9.17, 15) is 19.5 Å². The van der Waals surface area contributed by atoms with Crippen LogP contribution in [0.25, 0.3) is 0 Å². The minimum atomic E-state index is -0.931. The second kappa shape index (κ2) is 6.74. The Morgan fingerprint density at radius 2 is 1.83 bits per heavy atom. The highest BCUT2D eigenvalue weighted by Gasteiger charge is 2.44. The fraction of sp³-hybridized carbons (Fsp3) is 0.471. The van der Waals surface area contributed by atoms with Crippen molar-refractivity contribution in [2.75, 3.05) is 6.54 Å². The van der Waals surface area contributed by atoms with Crippen LogP contribution in [0.4, 0.5) is 0 Å². The fourth-order valence-corrected chi connectivity index (χ4v) is 4.39. The molecule has 1 aliphatic carbocycles. The van der Waals surface area contributed by atoms with Gasteiger partial charge in [-0.3, -0.25) is 9.59 Å². The van der Waals surface area contributed by atoms with Crippen LogP contribution in [0.3, 0.4) is 0 Å². The van der Waals surface area contributed by atoms with Crippen molar-refractivity contribution in [3.05, 3.63) is 35.9 Å². The summed E-state index contributed by atoms with van der Waals surface area (Å²) in [6.07, 6.45) is 2.82. The lowest BCUT2D eigenvalue weighted by Gasteiger charge is -2.37. The molecule has 0 bridgehead atoms. The molecule has 0 unspecified atom stereocenters. The summed E-state index contributed by atoms with van der Waals surface area (Å²) < 4.78 is 0. The zero-order valence-corrected chi connectivity index (χ0v) is 13.5. The van der Waals surface area contributed by atoms with E-state index in [2.05, 4.69) is 0 Å². The molecular formula is C17H19NO4S. The van der Waals surface area contributed by atoms with E-state index >= 15 is 0 Å². The highest BCUT2D eigenvalue weighted by Crippen LogP contribution is 2.41. The summed E-state index contributed by atoms with van der Waals surface area (Å²) in [6.45, 7) is 0.510.